The van der Waals surface area contributed by atoms with Gasteiger partial charge in [-0.15, -0.1) is 10.2 Å². The van der Waals surface area contributed by atoms with E-state index in [4.69, 9.17) is 16.0 Å². The van der Waals surface area contributed by atoms with Crippen molar-refractivity contribution in [2.75, 3.05) is 0 Å². The number of hydrogen-bond donors (Lipinski definition) is 0. The number of rotatable bonds is 7. The largest absolute Gasteiger partial charge is 0.423 e. The van der Waals surface area contributed by atoms with Gasteiger partial charge in [0.25, 0.3) is 0 Å². The van der Waals surface area contributed by atoms with Crippen molar-refractivity contribution in [3.8, 4) is 11.4 Å². The van der Waals surface area contributed by atoms with Crippen LogP contribution >= 0.6 is 23.4 Å². The molecule has 0 saturated carbocycles. The smallest absolute Gasteiger partial charge is 0.336 e. The monoisotopic (exact) mass is 488 g/mol. The Morgan fingerprint density at radius 1 is 1.00 bits per heavy atom. The van der Waals surface area contributed by atoms with E-state index in [1.165, 1.54) is 17.8 Å². The van der Waals surface area contributed by atoms with Crippen molar-refractivity contribution >= 4 is 34.3 Å². The number of benzene rings is 2. The second-order valence-electron chi connectivity index (χ2n) is 7.79. The van der Waals surface area contributed by atoms with Crippen LogP contribution in [0.2, 0.25) is 5.02 Å². The molecule has 2 aromatic carbocycles. The van der Waals surface area contributed by atoms with Gasteiger partial charge in [0.15, 0.2) is 11.0 Å². The van der Waals surface area contributed by atoms with E-state index in [1.807, 2.05) is 49.4 Å². The molecule has 0 bridgehead atoms. The molecule has 0 saturated heterocycles. The lowest BCUT2D eigenvalue weighted by atomic mass is 10.1. The van der Waals surface area contributed by atoms with Crippen LogP contribution in [0.15, 0.2) is 87.4 Å². The molecule has 6 nitrogen and oxygen atoms in total. The van der Waals surface area contributed by atoms with Crippen molar-refractivity contribution in [3.05, 3.63) is 105 Å². The van der Waals surface area contributed by atoms with E-state index in [0.29, 0.717) is 22.9 Å². The van der Waals surface area contributed by atoms with Gasteiger partial charge < -0.3 is 4.42 Å². The molecule has 0 radical (unpaired) electrons. The van der Waals surface area contributed by atoms with E-state index >= 15 is 0 Å². The minimum Gasteiger partial charge on any atom is -0.423 e. The highest BCUT2D eigenvalue weighted by Crippen LogP contribution is 2.31. The van der Waals surface area contributed by atoms with Crippen LogP contribution in [0.25, 0.3) is 22.4 Å². The van der Waals surface area contributed by atoms with Crippen molar-refractivity contribution in [2.24, 2.45) is 0 Å². The summed E-state index contributed by atoms with van der Waals surface area (Å²) >= 11 is 7.99. The van der Waals surface area contributed by atoms with E-state index in [2.05, 4.69) is 31.9 Å². The van der Waals surface area contributed by atoms with E-state index < -0.39 is 0 Å². The molecule has 0 spiro atoms. The highest BCUT2D eigenvalue weighted by Gasteiger charge is 2.17. The summed E-state index contributed by atoms with van der Waals surface area (Å²) < 4.78 is 7.54. The van der Waals surface area contributed by atoms with Gasteiger partial charge in [-0.1, -0.05) is 60.6 Å². The number of pyridine rings is 1. The lowest BCUT2D eigenvalue weighted by Gasteiger charge is -2.11. The highest BCUT2D eigenvalue weighted by atomic mass is 35.5. The first-order valence-electron chi connectivity index (χ1n) is 10.9. The molecule has 0 N–H and O–H groups in total. The Kier molecular flexibility index (Phi) is 6.47. The molecule has 5 aromatic rings. The van der Waals surface area contributed by atoms with Gasteiger partial charge >= 0.3 is 5.63 Å². The molecule has 0 aliphatic heterocycles. The summed E-state index contributed by atoms with van der Waals surface area (Å²) in [5.74, 6) is 1.29. The topological polar surface area (TPSA) is 73.8 Å². The third-order valence-electron chi connectivity index (χ3n) is 5.57. The van der Waals surface area contributed by atoms with Gasteiger partial charge in [0.2, 0.25) is 0 Å². The Bertz CT molecular complexity index is 1500. The third-order valence-corrected chi connectivity index (χ3v) is 6.94. The minimum absolute atomic E-state index is 0.379. The maximum atomic E-state index is 12.2. The van der Waals surface area contributed by atoms with Gasteiger partial charge in [-0.25, -0.2) is 4.79 Å². The van der Waals surface area contributed by atoms with E-state index in [-0.39, 0.29) is 5.63 Å². The number of nitrogens with zero attached hydrogens (tertiary/aromatic N) is 4. The van der Waals surface area contributed by atoms with Crippen LogP contribution in [-0.4, -0.2) is 19.7 Å². The normalized spacial score (nSPS) is 11.2. The molecule has 0 atom stereocenters. The number of aryl methyl sites for hydroxylation is 1. The fourth-order valence-corrected chi connectivity index (χ4v) is 5.07. The summed E-state index contributed by atoms with van der Waals surface area (Å²) in [6.45, 7) is 2.64. The zero-order chi connectivity index (χ0) is 23.5. The lowest BCUT2D eigenvalue weighted by molar-refractivity contribution is 0.559. The quantitative estimate of drug-likeness (QED) is 0.206. The van der Waals surface area contributed by atoms with Gasteiger partial charge in [0, 0.05) is 40.2 Å². The van der Waals surface area contributed by atoms with E-state index in [0.717, 1.165) is 45.0 Å². The van der Waals surface area contributed by atoms with Crippen molar-refractivity contribution in [1.29, 1.82) is 0 Å². The second-order valence-corrected chi connectivity index (χ2v) is 9.14. The summed E-state index contributed by atoms with van der Waals surface area (Å²) in [5.41, 5.74) is 4.05. The Labute approximate surface area is 205 Å². The molecule has 0 fully saturated rings. The Morgan fingerprint density at radius 3 is 2.56 bits per heavy atom. The second kappa shape index (κ2) is 9.83. The molecule has 3 aromatic heterocycles. The first kappa shape index (κ1) is 22.4. The molecule has 5 rings (SSSR count). The Balaban J connectivity index is 1.52. The molecule has 34 heavy (non-hydrogen) atoms. The van der Waals surface area contributed by atoms with Gasteiger partial charge in [-0.2, -0.15) is 0 Å². The van der Waals surface area contributed by atoms with Crippen molar-refractivity contribution in [1.82, 2.24) is 19.7 Å². The van der Waals surface area contributed by atoms with Crippen molar-refractivity contribution in [2.45, 2.75) is 30.8 Å². The standard InChI is InChI=1S/C26H21ClN4O2S/c1-2-18-12-23-21(14-22(18)27)20(13-24(32)33-23)16-34-26-30-29-25(19-8-10-28-11-9-19)31(26)15-17-6-4-3-5-7-17/h3-14H,2,15-16H2,1H3. The molecular weight excluding hydrogens is 468 g/mol. The number of aromatic nitrogens is 4. The van der Waals surface area contributed by atoms with Crippen LogP contribution in [0.4, 0.5) is 0 Å². The first-order valence-corrected chi connectivity index (χ1v) is 12.2. The molecule has 3 heterocycles. The van der Waals surface area contributed by atoms with Gasteiger partial charge in [-0.3, -0.25) is 9.55 Å². The summed E-state index contributed by atoms with van der Waals surface area (Å²) in [7, 11) is 0. The molecular formula is C26H21ClN4O2S. The summed E-state index contributed by atoms with van der Waals surface area (Å²) in [4.78, 5) is 16.4. The van der Waals surface area contributed by atoms with E-state index in [9.17, 15) is 4.79 Å². The van der Waals surface area contributed by atoms with Crippen LogP contribution in [0, 0.1) is 0 Å². The highest BCUT2D eigenvalue weighted by molar-refractivity contribution is 7.98. The van der Waals surface area contributed by atoms with E-state index in [1.54, 1.807) is 12.4 Å². The summed E-state index contributed by atoms with van der Waals surface area (Å²) in [5, 5.41) is 11.2. The van der Waals surface area contributed by atoms with Crippen LogP contribution < -0.4 is 5.63 Å². The van der Waals surface area contributed by atoms with Gasteiger partial charge in [-0.05, 0) is 47.4 Å². The fourth-order valence-electron chi connectivity index (χ4n) is 3.84. The average molecular weight is 489 g/mol. The minimum atomic E-state index is -0.379. The Hall–Kier alpha value is -3.42. The zero-order valence-corrected chi connectivity index (χ0v) is 20.0. The third kappa shape index (κ3) is 4.62. The predicted molar refractivity (Wildman–Crippen MR) is 135 cm³/mol. The molecule has 170 valence electrons. The number of hydrogen-bond acceptors (Lipinski definition) is 6. The fraction of sp³-hybridized carbons (Fsp3) is 0.154. The van der Waals surface area contributed by atoms with Gasteiger partial charge in [0.05, 0.1) is 6.54 Å². The number of fused-ring (bicyclic) bond motifs is 1. The maximum Gasteiger partial charge on any atom is 0.336 e. The SMILES string of the molecule is CCc1cc2oc(=O)cc(CSc3nnc(-c4ccncc4)n3Cc3ccccc3)c2cc1Cl. The predicted octanol–water partition coefficient (Wildman–Crippen LogP) is 6.00. The zero-order valence-electron chi connectivity index (χ0n) is 18.4. The number of halogens is 1. The Morgan fingerprint density at radius 2 is 1.79 bits per heavy atom. The average Bonchev–Trinajstić information content (AvgIpc) is 3.26. The molecule has 0 aliphatic carbocycles. The van der Waals surface area contributed by atoms with Crippen LogP contribution in [0.3, 0.4) is 0 Å². The summed E-state index contributed by atoms with van der Waals surface area (Å²) in [6, 6.07) is 19.3. The molecule has 8 heteroatoms. The van der Waals surface area contributed by atoms with Crippen LogP contribution in [-0.2, 0) is 18.7 Å². The van der Waals surface area contributed by atoms with Gasteiger partial charge in [0.1, 0.15) is 5.58 Å². The lowest BCUT2D eigenvalue weighted by Crippen LogP contribution is -2.05. The molecule has 0 amide bonds. The number of thioether (sulfide) groups is 1. The molecule has 0 aliphatic rings. The molecule has 0 unspecified atom stereocenters. The maximum absolute atomic E-state index is 12.2. The van der Waals surface area contributed by atoms with Crippen molar-refractivity contribution < 1.29 is 4.42 Å². The first-order chi connectivity index (χ1) is 16.6. The van der Waals surface area contributed by atoms with Crippen LogP contribution in [0.5, 0.6) is 0 Å². The van der Waals surface area contributed by atoms with Crippen LogP contribution in [0.1, 0.15) is 23.6 Å². The summed E-state index contributed by atoms with van der Waals surface area (Å²) in [6.07, 6.45) is 4.25. The van der Waals surface area contributed by atoms with Crippen molar-refractivity contribution in [3.63, 3.8) is 0 Å².